The third-order valence-electron chi connectivity index (χ3n) is 2.14. The molecule has 82 valence electrons. The smallest absolute Gasteiger partial charge is 0.123 e. The predicted octanol–water partition coefficient (Wildman–Crippen LogP) is 1.41. The van der Waals surface area contributed by atoms with Crippen molar-refractivity contribution in [1.29, 1.82) is 0 Å². The van der Waals surface area contributed by atoms with Gasteiger partial charge in [-0.15, -0.1) is 11.3 Å². The predicted molar refractivity (Wildman–Crippen MR) is 61.0 cm³/mol. The fourth-order valence-corrected chi connectivity index (χ4v) is 2.26. The standard InChI is InChI=1S/C12H11NO2S/c1-8-3-2-4-9(5-8)12-13-10(7-16-12)6-11(14)15/h2-5,7H,6H2,1H3,(H,14,15)/p-1. The van der Waals surface area contributed by atoms with Crippen LogP contribution in [0.1, 0.15) is 11.3 Å². The lowest BCUT2D eigenvalue weighted by molar-refractivity contribution is -0.304. The average molecular weight is 232 g/mol. The van der Waals surface area contributed by atoms with Crippen LogP contribution in [0.2, 0.25) is 0 Å². The fraction of sp³-hybridized carbons (Fsp3) is 0.167. The molecule has 0 aliphatic carbocycles. The molecule has 0 aliphatic rings. The zero-order chi connectivity index (χ0) is 11.5. The van der Waals surface area contributed by atoms with E-state index >= 15 is 0 Å². The van der Waals surface area contributed by atoms with E-state index in [1.165, 1.54) is 11.3 Å². The maximum absolute atomic E-state index is 10.4. The first-order chi connectivity index (χ1) is 7.65. The van der Waals surface area contributed by atoms with E-state index < -0.39 is 5.97 Å². The number of carboxylic acids is 1. The average Bonchev–Trinajstić information content (AvgIpc) is 2.65. The lowest BCUT2D eigenvalue weighted by atomic mass is 10.1. The summed E-state index contributed by atoms with van der Waals surface area (Å²) in [6.45, 7) is 2.01. The molecule has 1 aromatic carbocycles. The first-order valence-electron chi connectivity index (χ1n) is 4.86. The van der Waals surface area contributed by atoms with Crippen molar-refractivity contribution in [3.63, 3.8) is 0 Å². The van der Waals surface area contributed by atoms with Crippen LogP contribution < -0.4 is 5.11 Å². The summed E-state index contributed by atoms with van der Waals surface area (Å²) >= 11 is 1.45. The van der Waals surface area contributed by atoms with Gasteiger partial charge in [-0.1, -0.05) is 23.8 Å². The van der Waals surface area contributed by atoms with Crippen LogP contribution in [0.15, 0.2) is 29.6 Å². The SMILES string of the molecule is Cc1cccc(-c2nc(CC(=O)[O-])cs2)c1. The number of benzene rings is 1. The van der Waals surface area contributed by atoms with Crippen molar-refractivity contribution in [2.24, 2.45) is 0 Å². The Morgan fingerprint density at radius 1 is 1.50 bits per heavy atom. The second kappa shape index (κ2) is 4.45. The first kappa shape index (κ1) is 10.8. The van der Waals surface area contributed by atoms with E-state index in [4.69, 9.17) is 0 Å². The Bertz CT molecular complexity index is 519. The number of rotatable bonds is 3. The van der Waals surface area contributed by atoms with E-state index in [1.807, 2.05) is 31.2 Å². The van der Waals surface area contributed by atoms with Gasteiger partial charge in [0.05, 0.1) is 5.69 Å². The Balaban J connectivity index is 2.28. The monoisotopic (exact) mass is 232 g/mol. The number of hydrogen-bond acceptors (Lipinski definition) is 4. The van der Waals surface area contributed by atoms with Crippen molar-refractivity contribution < 1.29 is 9.90 Å². The van der Waals surface area contributed by atoms with Gasteiger partial charge in [0, 0.05) is 23.3 Å². The van der Waals surface area contributed by atoms with Gasteiger partial charge in [-0.3, -0.25) is 0 Å². The third-order valence-corrected chi connectivity index (χ3v) is 3.08. The van der Waals surface area contributed by atoms with Crippen LogP contribution in [0, 0.1) is 6.92 Å². The molecule has 1 heterocycles. The molecular formula is C12H10NO2S-. The molecule has 2 rings (SSSR count). The highest BCUT2D eigenvalue weighted by molar-refractivity contribution is 7.13. The van der Waals surface area contributed by atoms with Crippen LogP contribution in [0.3, 0.4) is 0 Å². The molecule has 0 fully saturated rings. The van der Waals surface area contributed by atoms with Crippen molar-refractivity contribution in [2.75, 3.05) is 0 Å². The number of aromatic nitrogens is 1. The van der Waals surface area contributed by atoms with Gasteiger partial charge < -0.3 is 9.90 Å². The molecule has 16 heavy (non-hydrogen) atoms. The van der Waals surface area contributed by atoms with Crippen LogP contribution in [0.5, 0.6) is 0 Å². The number of carbonyl (C=O) groups is 1. The van der Waals surface area contributed by atoms with E-state index in [1.54, 1.807) is 5.38 Å². The second-order valence-electron chi connectivity index (χ2n) is 3.56. The molecule has 0 saturated carbocycles. The molecule has 2 aromatic rings. The Labute approximate surface area is 97.4 Å². The Morgan fingerprint density at radius 3 is 3.00 bits per heavy atom. The van der Waals surface area contributed by atoms with Gasteiger partial charge in [-0.05, 0) is 13.0 Å². The van der Waals surface area contributed by atoms with Crippen molar-refractivity contribution in [1.82, 2.24) is 4.98 Å². The second-order valence-corrected chi connectivity index (χ2v) is 4.42. The first-order valence-corrected chi connectivity index (χ1v) is 5.74. The maximum atomic E-state index is 10.4. The van der Waals surface area contributed by atoms with Crippen LogP contribution in [0.25, 0.3) is 10.6 Å². The van der Waals surface area contributed by atoms with Gasteiger partial charge in [0.2, 0.25) is 0 Å². The van der Waals surface area contributed by atoms with E-state index in [0.717, 1.165) is 16.1 Å². The molecule has 0 radical (unpaired) electrons. The zero-order valence-electron chi connectivity index (χ0n) is 8.77. The van der Waals surface area contributed by atoms with Crippen LogP contribution in [-0.2, 0) is 11.2 Å². The molecule has 1 aromatic heterocycles. The van der Waals surface area contributed by atoms with Gasteiger partial charge in [-0.2, -0.15) is 0 Å². The fourth-order valence-electron chi connectivity index (χ4n) is 1.45. The Morgan fingerprint density at radius 2 is 2.31 bits per heavy atom. The van der Waals surface area contributed by atoms with E-state index in [2.05, 4.69) is 4.98 Å². The van der Waals surface area contributed by atoms with Gasteiger partial charge in [0.1, 0.15) is 5.01 Å². The number of carbonyl (C=O) groups excluding carboxylic acids is 1. The molecular weight excluding hydrogens is 222 g/mol. The van der Waals surface area contributed by atoms with Crippen molar-refractivity contribution in [3.8, 4) is 10.6 Å². The minimum Gasteiger partial charge on any atom is -0.550 e. The summed E-state index contributed by atoms with van der Waals surface area (Å²) in [7, 11) is 0. The van der Waals surface area contributed by atoms with Crippen molar-refractivity contribution in [3.05, 3.63) is 40.9 Å². The number of aryl methyl sites for hydroxylation is 1. The quantitative estimate of drug-likeness (QED) is 0.804. The Kier molecular flexibility index (Phi) is 3.01. The molecule has 3 nitrogen and oxygen atoms in total. The maximum Gasteiger partial charge on any atom is 0.123 e. The highest BCUT2D eigenvalue weighted by Crippen LogP contribution is 2.24. The van der Waals surface area contributed by atoms with Gasteiger partial charge in [0.15, 0.2) is 0 Å². The van der Waals surface area contributed by atoms with E-state index in [0.29, 0.717) is 5.69 Å². The number of thiazole rings is 1. The molecule has 0 amide bonds. The van der Waals surface area contributed by atoms with Crippen molar-refractivity contribution in [2.45, 2.75) is 13.3 Å². The molecule has 0 N–H and O–H groups in total. The summed E-state index contributed by atoms with van der Waals surface area (Å²) < 4.78 is 0. The third kappa shape index (κ3) is 2.46. The minimum absolute atomic E-state index is 0.123. The largest absolute Gasteiger partial charge is 0.550 e. The summed E-state index contributed by atoms with van der Waals surface area (Å²) in [5, 5.41) is 13.0. The minimum atomic E-state index is -1.10. The van der Waals surface area contributed by atoms with Gasteiger partial charge >= 0.3 is 0 Å². The van der Waals surface area contributed by atoms with E-state index in [-0.39, 0.29) is 6.42 Å². The van der Waals surface area contributed by atoms with E-state index in [9.17, 15) is 9.90 Å². The lowest BCUT2D eigenvalue weighted by Gasteiger charge is -1.98. The molecule has 0 atom stereocenters. The number of aliphatic carboxylic acids is 1. The molecule has 0 spiro atoms. The summed E-state index contributed by atoms with van der Waals surface area (Å²) in [4.78, 5) is 14.7. The summed E-state index contributed by atoms with van der Waals surface area (Å²) in [5.41, 5.74) is 2.74. The molecule has 0 bridgehead atoms. The molecule has 0 saturated heterocycles. The molecule has 0 aliphatic heterocycles. The summed E-state index contributed by atoms with van der Waals surface area (Å²) in [6.07, 6.45) is -0.123. The topological polar surface area (TPSA) is 53.0 Å². The number of nitrogens with zero attached hydrogens (tertiary/aromatic N) is 1. The van der Waals surface area contributed by atoms with Crippen LogP contribution in [0.4, 0.5) is 0 Å². The van der Waals surface area contributed by atoms with Crippen LogP contribution >= 0.6 is 11.3 Å². The van der Waals surface area contributed by atoms with Crippen LogP contribution in [-0.4, -0.2) is 11.0 Å². The zero-order valence-corrected chi connectivity index (χ0v) is 9.58. The highest BCUT2D eigenvalue weighted by Gasteiger charge is 2.04. The van der Waals surface area contributed by atoms with Crippen molar-refractivity contribution >= 4 is 17.3 Å². The highest BCUT2D eigenvalue weighted by atomic mass is 32.1. The molecule has 0 unspecified atom stereocenters. The summed E-state index contributed by atoms with van der Waals surface area (Å²) in [6, 6.07) is 7.97. The summed E-state index contributed by atoms with van der Waals surface area (Å²) in [5.74, 6) is -1.10. The molecule has 4 heteroatoms. The normalized spacial score (nSPS) is 10.3. The van der Waals surface area contributed by atoms with Gasteiger partial charge in [-0.25, -0.2) is 4.98 Å². The number of hydrogen-bond donors (Lipinski definition) is 0. The lowest BCUT2D eigenvalue weighted by Crippen LogP contribution is -2.24. The van der Waals surface area contributed by atoms with Gasteiger partial charge in [0.25, 0.3) is 0 Å². The Hall–Kier alpha value is -1.68. The number of carboxylic acid groups (broad SMARTS) is 1.